The van der Waals surface area contributed by atoms with E-state index in [2.05, 4.69) is 15.7 Å². The van der Waals surface area contributed by atoms with Crippen LogP contribution in [-0.4, -0.2) is 39.7 Å². The summed E-state index contributed by atoms with van der Waals surface area (Å²) in [6, 6.07) is 19.2. The van der Waals surface area contributed by atoms with Crippen LogP contribution in [0.2, 0.25) is 0 Å². The number of anilines is 1. The summed E-state index contributed by atoms with van der Waals surface area (Å²) in [7, 11) is 0. The lowest BCUT2D eigenvalue weighted by Gasteiger charge is -2.31. The smallest absolute Gasteiger partial charge is 0.317 e. The lowest BCUT2D eigenvalue weighted by Crippen LogP contribution is -2.45. The Morgan fingerprint density at radius 2 is 1.70 bits per heavy atom. The zero-order valence-corrected chi connectivity index (χ0v) is 16.7. The maximum absolute atomic E-state index is 12.5. The van der Waals surface area contributed by atoms with E-state index in [0.717, 1.165) is 16.9 Å². The number of urea groups is 1. The largest absolute Gasteiger partial charge is 0.334 e. The first-order valence-corrected chi connectivity index (χ1v) is 10.2. The molecule has 3 amide bonds. The third-order valence-electron chi connectivity index (χ3n) is 5.34. The number of amides is 3. The molecule has 0 radical (unpaired) electrons. The van der Waals surface area contributed by atoms with Crippen molar-refractivity contribution in [1.29, 1.82) is 0 Å². The molecule has 0 atom stereocenters. The van der Waals surface area contributed by atoms with E-state index in [-0.39, 0.29) is 17.9 Å². The average Bonchev–Trinajstić information content (AvgIpc) is 3.33. The molecule has 4 rings (SSSR count). The highest BCUT2D eigenvalue weighted by Gasteiger charge is 2.27. The number of aromatic nitrogens is 2. The maximum Gasteiger partial charge on any atom is 0.317 e. The van der Waals surface area contributed by atoms with Crippen LogP contribution in [0.1, 0.15) is 18.4 Å². The molecule has 2 N–H and O–H groups in total. The Bertz CT molecular complexity index is 963. The van der Waals surface area contributed by atoms with Gasteiger partial charge in [-0.05, 0) is 48.7 Å². The van der Waals surface area contributed by atoms with Gasteiger partial charge in [0.25, 0.3) is 0 Å². The summed E-state index contributed by atoms with van der Waals surface area (Å²) in [5, 5.41) is 10.1. The van der Waals surface area contributed by atoms with Crippen LogP contribution < -0.4 is 10.6 Å². The molecule has 1 saturated heterocycles. The van der Waals surface area contributed by atoms with E-state index in [1.54, 1.807) is 15.8 Å². The second-order valence-corrected chi connectivity index (χ2v) is 7.39. The fraction of sp³-hybridized carbons (Fsp3) is 0.261. The Hall–Kier alpha value is -3.61. The number of carbonyl (C=O) groups is 2. The lowest BCUT2D eigenvalue weighted by atomic mass is 9.96. The number of nitrogens with one attached hydrogen (secondary N) is 2. The van der Waals surface area contributed by atoms with Crippen LogP contribution in [0, 0.1) is 5.92 Å². The van der Waals surface area contributed by atoms with E-state index < -0.39 is 0 Å². The Balaban J connectivity index is 1.22. The van der Waals surface area contributed by atoms with Gasteiger partial charge in [-0.15, -0.1) is 0 Å². The van der Waals surface area contributed by atoms with Crippen molar-refractivity contribution in [3.05, 3.63) is 78.6 Å². The topological polar surface area (TPSA) is 79.3 Å². The van der Waals surface area contributed by atoms with Gasteiger partial charge in [-0.25, -0.2) is 9.48 Å². The van der Waals surface area contributed by atoms with Crippen LogP contribution in [-0.2, 0) is 11.3 Å². The maximum atomic E-state index is 12.5. The monoisotopic (exact) mass is 403 g/mol. The zero-order chi connectivity index (χ0) is 20.8. The van der Waals surface area contributed by atoms with E-state index in [1.165, 1.54) is 0 Å². The number of piperidine rings is 1. The van der Waals surface area contributed by atoms with Gasteiger partial charge in [0.1, 0.15) is 0 Å². The number of hydrogen-bond acceptors (Lipinski definition) is 3. The van der Waals surface area contributed by atoms with Crippen molar-refractivity contribution in [3.8, 4) is 5.69 Å². The average molecular weight is 403 g/mol. The van der Waals surface area contributed by atoms with Gasteiger partial charge in [-0.2, -0.15) is 5.10 Å². The Labute approximate surface area is 175 Å². The van der Waals surface area contributed by atoms with Crippen molar-refractivity contribution in [3.63, 3.8) is 0 Å². The number of nitrogens with zero attached hydrogens (tertiary/aromatic N) is 3. The highest BCUT2D eigenvalue weighted by atomic mass is 16.2. The van der Waals surface area contributed by atoms with Crippen LogP contribution >= 0.6 is 0 Å². The summed E-state index contributed by atoms with van der Waals surface area (Å²) < 4.78 is 1.79. The molecule has 0 bridgehead atoms. The summed E-state index contributed by atoms with van der Waals surface area (Å²) in [5.41, 5.74) is 2.81. The van der Waals surface area contributed by atoms with Crippen LogP contribution in [0.25, 0.3) is 5.69 Å². The van der Waals surface area contributed by atoms with Gasteiger partial charge in [0.15, 0.2) is 0 Å². The SMILES string of the molecule is O=C(Nc1ccccc1)C1CCN(C(=O)NCc2ccc(-n3cccn3)cc2)CC1. The molecule has 0 saturated carbocycles. The number of para-hydroxylation sites is 1. The van der Waals surface area contributed by atoms with Crippen molar-refractivity contribution in [2.45, 2.75) is 19.4 Å². The molecule has 0 spiro atoms. The molecule has 0 unspecified atom stereocenters. The Morgan fingerprint density at radius 3 is 2.37 bits per heavy atom. The van der Waals surface area contributed by atoms with Gasteiger partial charge in [-0.3, -0.25) is 4.79 Å². The van der Waals surface area contributed by atoms with Crippen molar-refractivity contribution >= 4 is 17.6 Å². The van der Waals surface area contributed by atoms with Gasteiger partial charge in [0, 0.05) is 43.6 Å². The molecule has 3 aromatic rings. The van der Waals surface area contributed by atoms with E-state index >= 15 is 0 Å². The van der Waals surface area contributed by atoms with Gasteiger partial charge in [0.05, 0.1) is 5.69 Å². The molecule has 1 fully saturated rings. The second-order valence-electron chi connectivity index (χ2n) is 7.39. The number of hydrogen-bond donors (Lipinski definition) is 2. The minimum absolute atomic E-state index is 0.0264. The quantitative estimate of drug-likeness (QED) is 0.685. The van der Waals surface area contributed by atoms with Crippen molar-refractivity contribution in [1.82, 2.24) is 20.0 Å². The summed E-state index contributed by atoms with van der Waals surface area (Å²) in [5.74, 6) is -0.0392. The van der Waals surface area contributed by atoms with Crippen LogP contribution in [0.15, 0.2) is 73.1 Å². The van der Waals surface area contributed by atoms with Crippen molar-refractivity contribution in [2.24, 2.45) is 5.92 Å². The highest BCUT2D eigenvalue weighted by Crippen LogP contribution is 2.19. The molecule has 30 heavy (non-hydrogen) atoms. The summed E-state index contributed by atoms with van der Waals surface area (Å²) in [6.07, 6.45) is 4.97. The zero-order valence-electron chi connectivity index (χ0n) is 16.7. The fourth-order valence-corrected chi connectivity index (χ4v) is 3.59. The first kappa shape index (κ1) is 19.7. The van der Waals surface area contributed by atoms with Crippen molar-refractivity contribution < 1.29 is 9.59 Å². The summed E-state index contributed by atoms with van der Waals surface area (Å²) >= 11 is 0. The van der Waals surface area contributed by atoms with E-state index in [4.69, 9.17) is 0 Å². The predicted molar refractivity (Wildman–Crippen MR) is 115 cm³/mol. The number of benzene rings is 2. The minimum atomic E-state index is -0.0897. The molecule has 2 heterocycles. The van der Waals surface area contributed by atoms with Crippen molar-refractivity contribution in [2.75, 3.05) is 18.4 Å². The van der Waals surface area contributed by atoms with Crippen LogP contribution in [0.3, 0.4) is 0 Å². The number of rotatable bonds is 5. The fourth-order valence-electron chi connectivity index (χ4n) is 3.59. The van der Waals surface area contributed by atoms with Gasteiger partial charge in [0.2, 0.25) is 5.91 Å². The molecule has 154 valence electrons. The third-order valence-corrected chi connectivity index (χ3v) is 5.34. The lowest BCUT2D eigenvalue weighted by molar-refractivity contribution is -0.121. The Kier molecular flexibility index (Phi) is 6.08. The van der Waals surface area contributed by atoms with Gasteiger partial charge < -0.3 is 15.5 Å². The van der Waals surface area contributed by atoms with Crippen LogP contribution in [0.4, 0.5) is 10.5 Å². The predicted octanol–water partition coefficient (Wildman–Crippen LogP) is 3.43. The highest BCUT2D eigenvalue weighted by molar-refractivity contribution is 5.92. The summed E-state index contributed by atoms with van der Waals surface area (Å²) in [4.78, 5) is 26.7. The molecule has 7 heteroatoms. The molecular formula is C23H25N5O2. The van der Waals surface area contributed by atoms with E-state index in [1.807, 2.05) is 66.9 Å². The standard InChI is InChI=1S/C23H25N5O2/c29-22(26-20-5-2-1-3-6-20)19-11-15-27(16-12-19)23(30)24-17-18-7-9-21(10-8-18)28-14-4-13-25-28/h1-10,13-14,19H,11-12,15-17H2,(H,24,30)(H,26,29). The second kappa shape index (κ2) is 9.26. The molecular weight excluding hydrogens is 378 g/mol. The summed E-state index contributed by atoms with van der Waals surface area (Å²) in [6.45, 7) is 1.63. The van der Waals surface area contributed by atoms with Crippen LogP contribution in [0.5, 0.6) is 0 Å². The number of likely N-dealkylation sites (tertiary alicyclic amines) is 1. The molecule has 1 aliphatic heterocycles. The third kappa shape index (κ3) is 4.86. The van der Waals surface area contributed by atoms with E-state index in [9.17, 15) is 9.59 Å². The molecule has 0 aliphatic carbocycles. The molecule has 1 aliphatic rings. The molecule has 2 aromatic carbocycles. The van der Waals surface area contributed by atoms with Gasteiger partial charge in [-0.1, -0.05) is 30.3 Å². The molecule has 7 nitrogen and oxygen atoms in total. The minimum Gasteiger partial charge on any atom is -0.334 e. The first-order chi connectivity index (χ1) is 14.7. The van der Waals surface area contributed by atoms with Gasteiger partial charge >= 0.3 is 6.03 Å². The number of carbonyl (C=O) groups excluding carboxylic acids is 2. The normalized spacial score (nSPS) is 14.3. The first-order valence-electron chi connectivity index (χ1n) is 10.2. The van der Waals surface area contributed by atoms with E-state index in [0.29, 0.717) is 32.5 Å². The molecule has 1 aromatic heterocycles. The Morgan fingerprint density at radius 1 is 0.967 bits per heavy atom.